The molecule has 1 fully saturated rings. The van der Waals surface area contributed by atoms with E-state index in [0.717, 1.165) is 26.3 Å². The van der Waals surface area contributed by atoms with Gasteiger partial charge in [0.2, 0.25) is 5.89 Å². The van der Waals surface area contributed by atoms with Crippen LogP contribution in [0.15, 0.2) is 4.52 Å². The van der Waals surface area contributed by atoms with Crippen molar-refractivity contribution in [1.82, 2.24) is 19.9 Å². The molecule has 0 amide bonds. The molecule has 1 N–H and O–H groups in total. The molecule has 7 heteroatoms. The highest BCUT2D eigenvalue weighted by atomic mass is 16.5. The summed E-state index contributed by atoms with van der Waals surface area (Å²) in [5.41, 5.74) is 0. The summed E-state index contributed by atoms with van der Waals surface area (Å²) in [6.07, 6.45) is -0.385. The number of hydrogen-bond acceptors (Lipinski definition) is 7. The third-order valence-corrected chi connectivity index (χ3v) is 3.48. The fourth-order valence-electron chi connectivity index (χ4n) is 2.37. The van der Waals surface area contributed by atoms with Gasteiger partial charge in [-0.05, 0) is 7.05 Å². The van der Waals surface area contributed by atoms with Crippen molar-refractivity contribution in [3.05, 3.63) is 11.7 Å². The molecule has 2 heterocycles. The second-order valence-electron chi connectivity index (χ2n) is 5.97. The quantitative estimate of drug-likeness (QED) is 0.777. The largest absolute Gasteiger partial charge is 0.390 e. The molecule has 1 aromatic heterocycles. The second-order valence-corrected chi connectivity index (χ2v) is 5.97. The molecule has 0 radical (unpaired) electrons. The smallest absolute Gasteiger partial charge is 0.229 e. The Morgan fingerprint density at radius 1 is 1.33 bits per heavy atom. The van der Waals surface area contributed by atoms with E-state index in [1.807, 2.05) is 25.8 Å². The molecule has 1 aliphatic rings. The molecule has 1 saturated heterocycles. The standard InChI is InChI=1S/C14H26N4O3/c1-11(2)14-15-13(16-21-14)10-17(3)8-12(19)9-18-4-6-20-7-5-18/h11-12,19H,4-10H2,1-3H3. The van der Waals surface area contributed by atoms with Crippen LogP contribution in [-0.2, 0) is 11.3 Å². The highest BCUT2D eigenvalue weighted by Crippen LogP contribution is 2.11. The fourth-order valence-corrected chi connectivity index (χ4v) is 2.37. The van der Waals surface area contributed by atoms with Crippen molar-refractivity contribution < 1.29 is 14.4 Å². The number of morpholine rings is 1. The van der Waals surface area contributed by atoms with Gasteiger partial charge in [0.1, 0.15) is 0 Å². The maximum absolute atomic E-state index is 10.2. The number of hydrogen-bond donors (Lipinski definition) is 1. The monoisotopic (exact) mass is 298 g/mol. The van der Waals surface area contributed by atoms with Gasteiger partial charge in [0.15, 0.2) is 5.82 Å². The Morgan fingerprint density at radius 3 is 2.67 bits per heavy atom. The molecular formula is C14H26N4O3. The Balaban J connectivity index is 1.73. The molecule has 2 rings (SSSR count). The lowest BCUT2D eigenvalue weighted by molar-refractivity contribution is 0.00808. The van der Waals surface area contributed by atoms with Crippen LogP contribution >= 0.6 is 0 Å². The van der Waals surface area contributed by atoms with Crippen molar-refractivity contribution in [3.63, 3.8) is 0 Å². The highest BCUT2D eigenvalue weighted by molar-refractivity contribution is 4.90. The topological polar surface area (TPSA) is 74.9 Å². The fraction of sp³-hybridized carbons (Fsp3) is 0.857. The van der Waals surface area contributed by atoms with E-state index in [9.17, 15) is 5.11 Å². The highest BCUT2D eigenvalue weighted by Gasteiger charge is 2.17. The first-order valence-corrected chi connectivity index (χ1v) is 7.53. The van der Waals surface area contributed by atoms with Gasteiger partial charge in [0.05, 0.1) is 25.9 Å². The van der Waals surface area contributed by atoms with Crippen LogP contribution < -0.4 is 0 Å². The molecule has 7 nitrogen and oxygen atoms in total. The van der Waals surface area contributed by atoms with Crippen LogP contribution in [0.25, 0.3) is 0 Å². The number of β-amino-alcohol motifs (C(OH)–C–C–N with tert-alkyl or cyclic N) is 1. The summed E-state index contributed by atoms with van der Waals surface area (Å²) in [5.74, 6) is 1.57. The van der Waals surface area contributed by atoms with E-state index in [1.54, 1.807) is 0 Å². The number of rotatable bonds is 7. The first-order valence-electron chi connectivity index (χ1n) is 7.53. The molecule has 21 heavy (non-hydrogen) atoms. The molecule has 1 aliphatic heterocycles. The van der Waals surface area contributed by atoms with E-state index >= 15 is 0 Å². The van der Waals surface area contributed by atoms with Crippen LogP contribution in [0, 0.1) is 0 Å². The third-order valence-electron chi connectivity index (χ3n) is 3.48. The van der Waals surface area contributed by atoms with Crippen LogP contribution in [0.5, 0.6) is 0 Å². The van der Waals surface area contributed by atoms with Gasteiger partial charge in [-0.1, -0.05) is 19.0 Å². The number of aliphatic hydroxyl groups is 1. The van der Waals surface area contributed by atoms with Crippen LogP contribution in [0.1, 0.15) is 31.5 Å². The van der Waals surface area contributed by atoms with Crippen LogP contribution in [0.3, 0.4) is 0 Å². The molecule has 0 bridgehead atoms. The van der Waals surface area contributed by atoms with E-state index in [-0.39, 0.29) is 12.0 Å². The lowest BCUT2D eigenvalue weighted by atomic mass is 10.2. The number of aliphatic hydroxyl groups excluding tert-OH is 1. The van der Waals surface area contributed by atoms with E-state index in [0.29, 0.717) is 31.3 Å². The molecule has 0 aliphatic carbocycles. The number of likely N-dealkylation sites (N-methyl/N-ethyl adjacent to an activating group) is 1. The second kappa shape index (κ2) is 7.84. The van der Waals surface area contributed by atoms with Gasteiger partial charge < -0.3 is 14.4 Å². The van der Waals surface area contributed by atoms with Gasteiger partial charge in [-0.25, -0.2) is 0 Å². The zero-order valence-corrected chi connectivity index (χ0v) is 13.2. The Hall–Kier alpha value is -1.02. The van der Waals surface area contributed by atoms with E-state index < -0.39 is 0 Å². The Labute approximate surface area is 125 Å². The molecule has 0 spiro atoms. The lowest BCUT2D eigenvalue weighted by Gasteiger charge is -2.29. The van der Waals surface area contributed by atoms with Gasteiger partial charge in [-0.3, -0.25) is 9.80 Å². The van der Waals surface area contributed by atoms with Crippen molar-refractivity contribution in [2.24, 2.45) is 0 Å². The average Bonchev–Trinajstić information content (AvgIpc) is 2.88. The van der Waals surface area contributed by atoms with Crippen LogP contribution in [0.4, 0.5) is 0 Å². The number of aromatic nitrogens is 2. The van der Waals surface area contributed by atoms with E-state index in [1.165, 1.54) is 0 Å². The average molecular weight is 298 g/mol. The van der Waals surface area contributed by atoms with Gasteiger partial charge >= 0.3 is 0 Å². The first-order chi connectivity index (χ1) is 10.0. The van der Waals surface area contributed by atoms with Crippen LogP contribution in [-0.4, -0.2) is 77.6 Å². The van der Waals surface area contributed by atoms with Crippen molar-refractivity contribution in [1.29, 1.82) is 0 Å². The predicted octanol–water partition coefficient (Wildman–Crippen LogP) is 0.318. The lowest BCUT2D eigenvalue weighted by Crippen LogP contribution is -2.44. The summed E-state index contributed by atoms with van der Waals surface area (Å²) in [6, 6.07) is 0. The van der Waals surface area contributed by atoms with Gasteiger partial charge in [-0.15, -0.1) is 0 Å². The zero-order valence-electron chi connectivity index (χ0n) is 13.2. The normalized spacial score (nSPS) is 18.6. The molecule has 0 aromatic carbocycles. The minimum absolute atomic E-state index is 0.239. The predicted molar refractivity (Wildman–Crippen MR) is 78.0 cm³/mol. The molecule has 1 atom stereocenters. The maximum Gasteiger partial charge on any atom is 0.229 e. The minimum Gasteiger partial charge on any atom is -0.390 e. The Bertz CT molecular complexity index is 418. The Morgan fingerprint density at radius 2 is 2.05 bits per heavy atom. The summed E-state index contributed by atoms with van der Waals surface area (Å²) in [7, 11) is 1.95. The van der Waals surface area contributed by atoms with Gasteiger partial charge in [-0.2, -0.15) is 4.98 Å². The molecule has 0 saturated carbocycles. The molecular weight excluding hydrogens is 272 g/mol. The summed E-state index contributed by atoms with van der Waals surface area (Å²) in [6.45, 7) is 9.18. The third kappa shape index (κ3) is 5.35. The molecule has 120 valence electrons. The van der Waals surface area contributed by atoms with E-state index in [2.05, 4.69) is 15.0 Å². The van der Waals surface area contributed by atoms with Crippen molar-refractivity contribution in [3.8, 4) is 0 Å². The summed E-state index contributed by atoms with van der Waals surface area (Å²) in [5, 5.41) is 14.1. The van der Waals surface area contributed by atoms with Crippen molar-refractivity contribution in [2.75, 3.05) is 46.4 Å². The van der Waals surface area contributed by atoms with Crippen LogP contribution in [0.2, 0.25) is 0 Å². The first kappa shape index (κ1) is 16.4. The summed E-state index contributed by atoms with van der Waals surface area (Å²) in [4.78, 5) is 8.59. The molecule has 1 aromatic rings. The van der Waals surface area contributed by atoms with Gasteiger partial charge in [0.25, 0.3) is 0 Å². The van der Waals surface area contributed by atoms with E-state index in [4.69, 9.17) is 9.26 Å². The van der Waals surface area contributed by atoms with Crippen molar-refractivity contribution in [2.45, 2.75) is 32.4 Å². The molecule has 1 unspecified atom stereocenters. The summed E-state index contributed by atoms with van der Waals surface area (Å²) >= 11 is 0. The number of nitrogens with zero attached hydrogens (tertiary/aromatic N) is 4. The van der Waals surface area contributed by atoms with Crippen molar-refractivity contribution >= 4 is 0 Å². The SMILES string of the molecule is CC(C)c1nc(CN(C)CC(O)CN2CCOCC2)no1. The minimum atomic E-state index is -0.385. The maximum atomic E-state index is 10.2. The zero-order chi connectivity index (χ0) is 15.2. The number of ether oxygens (including phenoxy) is 1. The Kier molecular flexibility index (Phi) is 6.10. The van der Waals surface area contributed by atoms with Gasteiger partial charge in [0, 0.05) is 32.1 Å². The summed E-state index contributed by atoms with van der Waals surface area (Å²) < 4.78 is 10.5.